The molecule has 0 aliphatic rings. The van der Waals surface area contributed by atoms with Crippen molar-refractivity contribution in [3.05, 3.63) is 50.6 Å². The molecular weight excluding hydrogens is 368 g/mol. The smallest absolute Gasteiger partial charge is 0.0749 e. The van der Waals surface area contributed by atoms with Gasteiger partial charge < -0.3 is 0 Å². The molecule has 16 heavy (non-hydrogen) atoms. The first kappa shape index (κ1) is 12.7. The van der Waals surface area contributed by atoms with Gasteiger partial charge in [0, 0.05) is 14.2 Å². The molecule has 1 unspecified atom stereocenters. The van der Waals surface area contributed by atoms with Gasteiger partial charge in [-0.05, 0) is 51.3 Å². The number of hydrogen-bond acceptors (Lipinski definition) is 2. The number of thioether (sulfide) groups is 1. The first-order valence-corrected chi connectivity index (χ1v) is 8.54. The van der Waals surface area contributed by atoms with Crippen molar-refractivity contribution in [3.63, 3.8) is 0 Å². The van der Waals surface area contributed by atoms with Crippen LogP contribution in [-0.2, 0) is 0 Å². The van der Waals surface area contributed by atoms with Crippen molar-refractivity contribution in [1.82, 2.24) is 0 Å². The minimum absolute atomic E-state index is 0.276. The third-order valence-electron chi connectivity index (χ3n) is 2.28. The lowest BCUT2D eigenvalue weighted by Gasteiger charge is -2.09. The van der Waals surface area contributed by atoms with Gasteiger partial charge in [-0.2, -0.15) is 0 Å². The summed E-state index contributed by atoms with van der Waals surface area (Å²) in [6.07, 6.45) is 2.09. The van der Waals surface area contributed by atoms with E-state index in [2.05, 4.69) is 73.8 Å². The number of hydrogen-bond donors (Lipinski definition) is 0. The molecule has 0 radical (unpaired) electrons. The van der Waals surface area contributed by atoms with E-state index in [1.807, 2.05) is 0 Å². The summed E-state index contributed by atoms with van der Waals surface area (Å²) in [4.78, 5) is 2.89. The van der Waals surface area contributed by atoms with Crippen LogP contribution in [-0.4, -0.2) is 6.26 Å². The van der Waals surface area contributed by atoms with E-state index in [4.69, 9.17) is 0 Å². The average molecular weight is 378 g/mol. The second-order valence-electron chi connectivity index (χ2n) is 3.27. The zero-order valence-electron chi connectivity index (χ0n) is 8.61. The molecule has 0 fully saturated rings. The summed E-state index contributed by atoms with van der Waals surface area (Å²) in [7, 11) is 0. The number of thiophene rings is 1. The van der Waals surface area contributed by atoms with Crippen LogP contribution >= 0.6 is 55.0 Å². The Hall–Kier alpha value is 0.230. The minimum atomic E-state index is 0.276. The molecule has 1 heterocycles. The van der Waals surface area contributed by atoms with Crippen molar-refractivity contribution in [1.29, 1.82) is 0 Å². The molecule has 1 aromatic heterocycles. The van der Waals surface area contributed by atoms with Crippen LogP contribution in [0.25, 0.3) is 0 Å². The van der Waals surface area contributed by atoms with Gasteiger partial charge in [0.05, 0.1) is 4.83 Å². The van der Waals surface area contributed by atoms with Gasteiger partial charge in [-0.25, -0.2) is 0 Å². The predicted octanol–water partition coefficient (Wildman–Crippen LogP) is 5.72. The van der Waals surface area contributed by atoms with Gasteiger partial charge in [0.25, 0.3) is 0 Å². The quantitative estimate of drug-likeness (QED) is 0.487. The normalized spacial score (nSPS) is 12.7. The van der Waals surface area contributed by atoms with E-state index < -0.39 is 0 Å². The van der Waals surface area contributed by atoms with Gasteiger partial charge in [0.1, 0.15) is 0 Å². The zero-order chi connectivity index (χ0) is 11.5. The summed E-state index contributed by atoms with van der Waals surface area (Å²) >= 11 is 10.8. The number of halogens is 2. The lowest BCUT2D eigenvalue weighted by molar-refractivity contribution is 1.20. The fourth-order valence-electron chi connectivity index (χ4n) is 1.41. The highest BCUT2D eigenvalue weighted by Gasteiger charge is 2.14. The maximum absolute atomic E-state index is 3.74. The van der Waals surface area contributed by atoms with Crippen molar-refractivity contribution in [2.45, 2.75) is 9.72 Å². The first-order valence-electron chi connectivity index (χ1n) is 4.73. The molecule has 1 atom stereocenters. The first-order chi connectivity index (χ1) is 7.72. The molecule has 0 nitrogen and oxygen atoms in total. The summed E-state index contributed by atoms with van der Waals surface area (Å²) in [5.74, 6) is 0. The van der Waals surface area contributed by atoms with Gasteiger partial charge in [0.2, 0.25) is 0 Å². The second-order valence-corrected chi connectivity index (χ2v) is 6.87. The molecule has 0 bridgehead atoms. The standard InChI is InChI=1S/C12H10Br2S2/c1-15-9-4-2-8(3-5-9)11(14)12-10(13)6-7-16-12/h2-7,11H,1H3. The number of benzene rings is 1. The van der Waals surface area contributed by atoms with Crippen LogP contribution in [0.5, 0.6) is 0 Å². The van der Waals surface area contributed by atoms with Gasteiger partial charge >= 0.3 is 0 Å². The highest BCUT2D eigenvalue weighted by atomic mass is 79.9. The Morgan fingerprint density at radius 1 is 1.19 bits per heavy atom. The fourth-order valence-corrected chi connectivity index (χ4v) is 4.60. The summed E-state index contributed by atoms with van der Waals surface area (Å²) in [6.45, 7) is 0. The largest absolute Gasteiger partial charge is 0.146 e. The Labute approximate surface area is 121 Å². The molecule has 0 spiro atoms. The average Bonchev–Trinajstić information content (AvgIpc) is 2.75. The summed E-state index contributed by atoms with van der Waals surface area (Å²) in [5.41, 5.74) is 1.29. The van der Waals surface area contributed by atoms with Crippen LogP contribution in [0.3, 0.4) is 0 Å². The van der Waals surface area contributed by atoms with Crippen LogP contribution in [0.2, 0.25) is 0 Å². The van der Waals surface area contributed by atoms with E-state index in [1.54, 1.807) is 23.1 Å². The van der Waals surface area contributed by atoms with E-state index in [0.717, 1.165) is 0 Å². The van der Waals surface area contributed by atoms with E-state index in [9.17, 15) is 0 Å². The van der Waals surface area contributed by atoms with Crippen molar-refractivity contribution in [3.8, 4) is 0 Å². The summed E-state index contributed by atoms with van der Waals surface area (Å²) in [6, 6.07) is 10.8. The molecular formula is C12H10Br2S2. The van der Waals surface area contributed by atoms with Crippen molar-refractivity contribution >= 4 is 55.0 Å². The Bertz CT molecular complexity index is 462. The molecule has 0 saturated heterocycles. The lowest BCUT2D eigenvalue weighted by Crippen LogP contribution is -1.89. The van der Waals surface area contributed by atoms with E-state index in [0.29, 0.717) is 0 Å². The Balaban J connectivity index is 2.27. The molecule has 4 heteroatoms. The van der Waals surface area contributed by atoms with Crippen molar-refractivity contribution in [2.75, 3.05) is 6.26 Å². The minimum Gasteiger partial charge on any atom is -0.146 e. The Kier molecular flexibility index (Phi) is 4.53. The Morgan fingerprint density at radius 2 is 1.88 bits per heavy atom. The van der Waals surface area contributed by atoms with Gasteiger partial charge in [-0.15, -0.1) is 23.1 Å². The van der Waals surface area contributed by atoms with E-state index in [1.165, 1.54) is 19.8 Å². The third-order valence-corrected chi connectivity index (χ3v) is 6.25. The third kappa shape index (κ3) is 2.73. The molecule has 0 amide bonds. The van der Waals surface area contributed by atoms with E-state index >= 15 is 0 Å². The topological polar surface area (TPSA) is 0 Å². The predicted molar refractivity (Wildman–Crippen MR) is 81.0 cm³/mol. The van der Waals surface area contributed by atoms with Crippen LogP contribution < -0.4 is 0 Å². The zero-order valence-corrected chi connectivity index (χ0v) is 13.4. The highest BCUT2D eigenvalue weighted by molar-refractivity contribution is 9.11. The SMILES string of the molecule is CSc1ccc(C(Br)c2sccc2Br)cc1. The molecule has 0 saturated carbocycles. The van der Waals surface area contributed by atoms with Gasteiger partial charge in [-0.1, -0.05) is 28.1 Å². The molecule has 0 aliphatic heterocycles. The monoisotopic (exact) mass is 376 g/mol. The lowest BCUT2D eigenvalue weighted by atomic mass is 10.1. The van der Waals surface area contributed by atoms with Gasteiger partial charge in [-0.3, -0.25) is 0 Å². The highest BCUT2D eigenvalue weighted by Crippen LogP contribution is 2.39. The van der Waals surface area contributed by atoms with Crippen LogP contribution in [0.1, 0.15) is 15.3 Å². The molecule has 2 rings (SSSR count). The van der Waals surface area contributed by atoms with E-state index in [-0.39, 0.29) is 4.83 Å². The summed E-state index contributed by atoms with van der Waals surface area (Å²) < 4.78 is 1.17. The molecule has 2 aromatic rings. The number of rotatable bonds is 3. The van der Waals surface area contributed by atoms with Crippen molar-refractivity contribution < 1.29 is 0 Å². The van der Waals surface area contributed by atoms with Gasteiger partial charge in [0.15, 0.2) is 0 Å². The van der Waals surface area contributed by atoms with Crippen LogP contribution in [0.4, 0.5) is 0 Å². The molecule has 0 N–H and O–H groups in total. The molecule has 0 aliphatic carbocycles. The summed E-state index contributed by atoms with van der Waals surface area (Å²) in [5, 5.41) is 2.10. The van der Waals surface area contributed by atoms with Crippen LogP contribution in [0.15, 0.2) is 45.1 Å². The maximum Gasteiger partial charge on any atom is 0.0749 e. The van der Waals surface area contributed by atoms with Crippen molar-refractivity contribution in [2.24, 2.45) is 0 Å². The molecule has 84 valence electrons. The second kappa shape index (κ2) is 5.71. The Morgan fingerprint density at radius 3 is 2.38 bits per heavy atom. The number of alkyl halides is 1. The molecule has 1 aromatic carbocycles. The fraction of sp³-hybridized carbons (Fsp3) is 0.167. The maximum atomic E-state index is 3.74. The van der Waals surface area contributed by atoms with Crippen LogP contribution in [0, 0.1) is 0 Å².